The van der Waals surface area contributed by atoms with Gasteiger partial charge in [-0.25, -0.2) is 0 Å². The lowest BCUT2D eigenvalue weighted by Gasteiger charge is -2.12. The standard InChI is InChI=1S/C14H21NO2S/c1-4-5-10-15-14(16)11(2)18-13-8-6-12(17-3)7-9-13/h6-9,11H,4-5,10H2,1-3H3,(H,15,16). The maximum Gasteiger partial charge on any atom is 0.233 e. The third kappa shape index (κ3) is 5.00. The highest BCUT2D eigenvalue weighted by Crippen LogP contribution is 2.25. The molecule has 0 heterocycles. The van der Waals surface area contributed by atoms with Crippen LogP contribution in [0.5, 0.6) is 5.75 Å². The van der Waals surface area contributed by atoms with Crippen molar-refractivity contribution in [3.05, 3.63) is 24.3 Å². The molecular weight excluding hydrogens is 246 g/mol. The maximum atomic E-state index is 11.8. The van der Waals surface area contributed by atoms with Crippen LogP contribution in [-0.2, 0) is 4.79 Å². The number of carbonyl (C=O) groups excluding carboxylic acids is 1. The zero-order valence-electron chi connectivity index (χ0n) is 11.2. The van der Waals surface area contributed by atoms with Crippen LogP contribution >= 0.6 is 11.8 Å². The summed E-state index contributed by atoms with van der Waals surface area (Å²) in [7, 11) is 1.64. The molecule has 1 atom stereocenters. The number of carbonyl (C=O) groups is 1. The Morgan fingerprint density at radius 1 is 1.39 bits per heavy atom. The number of hydrogen-bond donors (Lipinski definition) is 1. The van der Waals surface area contributed by atoms with Gasteiger partial charge in [0.1, 0.15) is 5.75 Å². The van der Waals surface area contributed by atoms with Crippen LogP contribution in [0, 0.1) is 0 Å². The molecule has 0 bridgehead atoms. The first-order valence-corrected chi connectivity index (χ1v) is 7.13. The molecule has 0 saturated heterocycles. The van der Waals surface area contributed by atoms with Gasteiger partial charge in [-0.1, -0.05) is 13.3 Å². The van der Waals surface area contributed by atoms with Crippen molar-refractivity contribution in [2.45, 2.75) is 36.8 Å². The van der Waals surface area contributed by atoms with E-state index in [2.05, 4.69) is 12.2 Å². The smallest absolute Gasteiger partial charge is 0.233 e. The molecule has 1 aromatic carbocycles. The first-order chi connectivity index (χ1) is 8.67. The van der Waals surface area contributed by atoms with Crippen LogP contribution in [0.1, 0.15) is 26.7 Å². The number of hydrogen-bond acceptors (Lipinski definition) is 3. The second-order valence-corrected chi connectivity index (χ2v) is 5.49. The van der Waals surface area contributed by atoms with Crippen LogP contribution in [-0.4, -0.2) is 24.8 Å². The quantitative estimate of drug-likeness (QED) is 0.609. The molecule has 100 valence electrons. The van der Waals surface area contributed by atoms with Gasteiger partial charge in [0, 0.05) is 11.4 Å². The van der Waals surface area contributed by atoms with Gasteiger partial charge >= 0.3 is 0 Å². The Morgan fingerprint density at radius 3 is 2.61 bits per heavy atom. The summed E-state index contributed by atoms with van der Waals surface area (Å²) in [6.07, 6.45) is 2.13. The van der Waals surface area contributed by atoms with Gasteiger partial charge in [0.05, 0.1) is 12.4 Å². The van der Waals surface area contributed by atoms with Gasteiger partial charge in [-0.2, -0.15) is 0 Å². The van der Waals surface area contributed by atoms with E-state index >= 15 is 0 Å². The van der Waals surface area contributed by atoms with E-state index in [0.717, 1.165) is 30.0 Å². The van der Waals surface area contributed by atoms with Crippen molar-refractivity contribution >= 4 is 17.7 Å². The van der Waals surface area contributed by atoms with E-state index in [-0.39, 0.29) is 11.2 Å². The van der Waals surface area contributed by atoms with Gasteiger partial charge in [0.25, 0.3) is 0 Å². The van der Waals surface area contributed by atoms with Crippen molar-refractivity contribution in [1.29, 1.82) is 0 Å². The lowest BCUT2D eigenvalue weighted by Crippen LogP contribution is -2.31. The second-order valence-electron chi connectivity index (χ2n) is 4.08. The molecule has 0 spiro atoms. The Kier molecular flexibility index (Phi) is 6.65. The van der Waals surface area contributed by atoms with Crippen LogP contribution in [0.4, 0.5) is 0 Å². The molecule has 0 aliphatic rings. The largest absolute Gasteiger partial charge is 0.497 e. The van der Waals surface area contributed by atoms with Crippen LogP contribution in [0.2, 0.25) is 0 Å². The topological polar surface area (TPSA) is 38.3 Å². The number of nitrogens with one attached hydrogen (secondary N) is 1. The molecule has 1 rings (SSSR count). The Bertz CT molecular complexity index is 365. The molecule has 18 heavy (non-hydrogen) atoms. The average molecular weight is 267 g/mol. The van der Waals surface area contributed by atoms with Gasteiger partial charge in [0.15, 0.2) is 0 Å². The lowest BCUT2D eigenvalue weighted by molar-refractivity contribution is -0.120. The van der Waals surface area contributed by atoms with E-state index in [4.69, 9.17) is 4.74 Å². The Labute approximate surface area is 113 Å². The van der Waals surface area contributed by atoms with Gasteiger partial charge < -0.3 is 10.1 Å². The summed E-state index contributed by atoms with van der Waals surface area (Å²) in [4.78, 5) is 12.9. The number of benzene rings is 1. The minimum Gasteiger partial charge on any atom is -0.497 e. The van der Waals surface area contributed by atoms with Crippen LogP contribution in [0.25, 0.3) is 0 Å². The predicted octanol–water partition coefficient (Wildman–Crippen LogP) is 3.09. The van der Waals surface area contributed by atoms with Gasteiger partial charge in [0.2, 0.25) is 5.91 Å². The number of methoxy groups -OCH3 is 1. The fraction of sp³-hybridized carbons (Fsp3) is 0.500. The summed E-state index contributed by atoms with van der Waals surface area (Å²) in [5, 5.41) is 2.87. The fourth-order valence-electron chi connectivity index (χ4n) is 1.44. The summed E-state index contributed by atoms with van der Waals surface area (Å²) in [6.45, 7) is 4.81. The summed E-state index contributed by atoms with van der Waals surface area (Å²) in [6, 6.07) is 7.76. The van der Waals surface area contributed by atoms with E-state index in [1.54, 1.807) is 18.9 Å². The molecule has 1 unspecified atom stereocenters. The van der Waals surface area contributed by atoms with Crippen molar-refractivity contribution in [3.8, 4) is 5.75 Å². The number of amides is 1. The number of rotatable bonds is 7. The summed E-state index contributed by atoms with van der Waals surface area (Å²) in [5.74, 6) is 0.934. The van der Waals surface area contributed by atoms with E-state index in [1.165, 1.54) is 0 Å². The number of unbranched alkanes of at least 4 members (excludes halogenated alkanes) is 1. The zero-order chi connectivity index (χ0) is 13.4. The summed E-state index contributed by atoms with van der Waals surface area (Å²) >= 11 is 1.56. The molecule has 1 amide bonds. The molecule has 1 aromatic rings. The van der Waals surface area contributed by atoms with Crippen molar-refractivity contribution in [1.82, 2.24) is 5.32 Å². The zero-order valence-corrected chi connectivity index (χ0v) is 12.0. The maximum absolute atomic E-state index is 11.8. The third-order valence-corrected chi connectivity index (χ3v) is 3.68. The van der Waals surface area contributed by atoms with Gasteiger partial charge in [-0.15, -0.1) is 11.8 Å². The van der Waals surface area contributed by atoms with Crippen molar-refractivity contribution in [3.63, 3.8) is 0 Å². The number of ether oxygens (including phenoxy) is 1. The predicted molar refractivity (Wildman–Crippen MR) is 76.2 cm³/mol. The van der Waals surface area contributed by atoms with Gasteiger partial charge in [-0.3, -0.25) is 4.79 Å². The van der Waals surface area contributed by atoms with E-state index in [0.29, 0.717) is 0 Å². The van der Waals surface area contributed by atoms with Crippen LogP contribution in [0.15, 0.2) is 29.2 Å². The number of thioether (sulfide) groups is 1. The first-order valence-electron chi connectivity index (χ1n) is 6.25. The molecule has 0 radical (unpaired) electrons. The first kappa shape index (κ1) is 14.9. The van der Waals surface area contributed by atoms with E-state index < -0.39 is 0 Å². The molecule has 1 N–H and O–H groups in total. The molecule has 0 aromatic heterocycles. The monoisotopic (exact) mass is 267 g/mol. The summed E-state index contributed by atoms with van der Waals surface area (Å²) < 4.78 is 5.10. The molecule has 0 saturated carbocycles. The highest BCUT2D eigenvalue weighted by atomic mass is 32.2. The fourth-order valence-corrected chi connectivity index (χ4v) is 2.34. The average Bonchev–Trinajstić information content (AvgIpc) is 2.39. The Morgan fingerprint density at radius 2 is 2.06 bits per heavy atom. The van der Waals surface area contributed by atoms with E-state index in [9.17, 15) is 4.79 Å². The van der Waals surface area contributed by atoms with Crippen molar-refractivity contribution in [2.24, 2.45) is 0 Å². The summed E-state index contributed by atoms with van der Waals surface area (Å²) in [5.41, 5.74) is 0. The minimum atomic E-state index is -0.0738. The molecule has 0 aliphatic heterocycles. The Hall–Kier alpha value is -1.16. The van der Waals surface area contributed by atoms with Gasteiger partial charge in [-0.05, 0) is 37.6 Å². The van der Waals surface area contributed by atoms with Crippen LogP contribution in [0.3, 0.4) is 0 Å². The minimum absolute atomic E-state index is 0.0738. The Balaban J connectivity index is 2.42. The third-order valence-electron chi connectivity index (χ3n) is 2.57. The molecule has 0 aliphatic carbocycles. The van der Waals surface area contributed by atoms with Crippen LogP contribution < -0.4 is 10.1 Å². The highest BCUT2D eigenvalue weighted by molar-refractivity contribution is 8.00. The molecular formula is C14H21NO2S. The lowest BCUT2D eigenvalue weighted by atomic mass is 10.3. The molecule has 0 fully saturated rings. The van der Waals surface area contributed by atoms with Crippen molar-refractivity contribution < 1.29 is 9.53 Å². The molecule has 4 heteroatoms. The molecule has 3 nitrogen and oxygen atoms in total. The van der Waals surface area contributed by atoms with Crippen molar-refractivity contribution in [2.75, 3.05) is 13.7 Å². The SMILES string of the molecule is CCCCNC(=O)C(C)Sc1ccc(OC)cc1. The van der Waals surface area contributed by atoms with E-state index in [1.807, 2.05) is 31.2 Å². The normalized spacial score (nSPS) is 11.9. The second kappa shape index (κ2) is 8.03. The highest BCUT2D eigenvalue weighted by Gasteiger charge is 2.13.